The van der Waals surface area contributed by atoms with Gasteiger partial charge in [-0.3, -0.25) is 9.69 Å². The van der Waals surface area contributed by atoms with Crippen molar-refractivity contribution in [1.82, 2.24) is 10.2 Å². The highest BCUT2D eigenvalue weighted by atomic mass is 16.7. The van der Waals surface area contributed by atoms with E-state index in [0.717, 1.165) is 29.2 Å². The van der Waals surface area contributed by atoms with Crippen molar-refractivity contribution in [2.75, 3.05) is 13.3 Å². The molecular formula is C21H26N2O3. The first-order valence-corrected chi connectivity index (χ1v) is 9.06. The molecule has 1 aliphatic heterocycles. The molecule has 0 saturated heterocycles. The Hall–Kier alpha value is -2.53. The Kier molecular flexibility index (Phi) is 5.78. The standard InChI is InChI=1S/C21H26N2O3/c1-4-23(13-17-10-11-19-20(12-17)26-14-25-19)16(3)21(24)22-15(2)18-8-6-5-7-9-18/h5-12,15-16H,4,13-14H2,1-3H3,(H,22,24). The molecule has 0 spiro atoms. The van der Waals surface area contributed by atoms with E-state index in [1.165, 1.54) is 0 Å². The van der Waals surface area contributed by atoms with Crippen molar-refractivity contribution in [3.63, 3.8) is 0 Å². The van der Waals surface area contributed by atoms with Gasteiger partial charge in [0.05, 0.1) is 12.1 Å². The maximum absolute atomic E-state index is 12.7. The molecule has 2 unspecified atom stereocenters. The predicted molar refractivity (Wildman–Crippen MR) is 101 cm³/mol. The van der Waals surface area contributed by atoms with Crippen LogP contribution in [0.15, 0.2) is 48.5 Å². The Morgan fingerprint density at radius 1 is 1.12 bits per heavy atom. The number of likely N-dealkylation sites (N-methyl/N-ethyl adjacent to an activating group) is 1. The summed E-state index contributed by atoms with van der Waals surface area (Å²) in [5.74, 6) is 1.58. The quantitative estimate of drug-likeness (QED) is 0.827. The van der Waals surface area contributed by atoms with Crippen LogP contribution in [0.5, 0.6) is 11.5 Å². The number of carbonyl (C=O) groups is 1. The van der Waals surface area contributed by atoms with Gasteiger partial charge in [0, 0.05) is 6.54 Å². The van der Waals surface area contributed by atoms with Crippen molar-refractivity contribution >= 4 is 5.91 Å². The number of benzene rings is 2. The van der Waals surface area contributed by atoms with E-state index in [-0.39, 0.29) is 24.8 Å². The molecule has 0 bridgehead atoms. The van der Waals surface area contributed by atoms with Gasteiger partial charge in [0.25, 0.3) is 0 Å². The number of fused-ring (bicyclic) bond motifs is 1. The van der Waals surface area contributed by atoms with E-state index in [1.807, 2.05) is 62.4 Å². The van der Waals surface area contributed by atoms with Crippen LogP contribution in [0.2, 0.25) is 0 Å². The number of nitrogens with zero attached hydrogens (tertiary/aromatic N) is 1. The van der Waals surface area contributed by atoms with Gasteiger partial charge in [-0.2, -0.15) is 0 Å². The molecule has 138 valence electrons. The number of amides is 1. The molecule has 0 saturated carbocycles. The van der Waals surface area contributed by atoms with Crippen LogP contribution in [0.3, 0.4) is 0 Å². The molecule has 1 aliphatic rings. The van der Waals surface area contributed by atoms with Gasteiger partial charge in [0.2, 0.25) is 12.7 Å². The Balaban J connectivity index is 1.62. The maximum Gasteiger partial charge on any atom is 0.237 e. The molecule has 0 radical (unpaired) electrons. The van der Waals surface area contributed by atoms with Crippen molar-refractivity contribution in [3.05, 3.63) is 59.7 Å². The monoisotopic (exact) mass is 354 g/mol. The highest BCUT2D eigenvalue weighted by Crippen LogP contribution is 2.32. The van der Waals surface area contributed by atoms with Crippen LogP contribution in [-0.4, -0.2) is 30.2 Å². The lowest BCUT2D eigenvalue weighted by Gasteiger charge is -2.28. The van der Waals surface area contributed by atoms with Gasteiger partial charge in [-0.25, -0.2) is 0 Å². The molecule has 2 atom stereocenters. The number of ether oxygens (including phenoxy) is 2. The van der Waals surface area contributed by atoms with Gasteiger partial charge in [-0.15, -0.1) is 0 Å². The second kappa shape index (κ2) is 8.23. The van der Waals surface area contributed by atoms with E-state index < -0.39 is 0 Å². The second-order valence-electron chi connectivity index (χ2n) is 6.57. The van der Waals surface area contributed by atoms with Gasteiger partial charge in [0.15, 0.2) is 11.5 Å². The van der Waals surface area contributed by atoms with Crippen LogP contribution in [0, 0.1) is 0 Å². The van der Waals surface area contributed by atoms with Crippen molar-refractivity contribution in [2.45, 2.75) is 39.4 Å². The first-order valence-electron chi connectivity index (χ1n) is 9.06. The Morgan fingerprint density at radius 3 is 2.58 bits per heavy atom. The molecule has 1 amide bonds. The second-order valence-corrected chi connectivity index (χ2v) is 6.57. The molecule has 2 aromatic rings. The average Bonchev–Trinajstić information content (AvgIpc) is 3.14. The van der Waals surface area contributed by atoms with E-state index in [2.05, 4.69) is 17.1 Å². The molecule has 0 fully saturated rings. The first-order chi connectivity index (χ1) is 12.6. The van der Waals surface area contributed by atoms with Crippen molar-refractivity contribution < 1.29 is 14.3 Å². The number of nitrogens with one attached hydrogen (secondary N) is 1. The molecule has 3 rings (SSSR count). The lowest BCUT2D eigenvalue weighted by atomic mass is 10.1. The fourth-order valence-corrected chi connectivity index (χ4v) is 3.12. The Bertz CT molecular complexity index is 748. The molecule has 2 aromatic carbocycles. The first kappa shape index (κ1) is 18.3. The topological polar surface area (TPSA) is 50.8 Å². The van der Waals surface area contributed by atoms with E-state index in [4.69, 9.17) is 9.47 Å². The lowest BCUT2D eigenvalue weighted by molar-refractivity contribution is -0.126. The van der Waals surface area contributed by atoms with Gasteiger partial charge in [0.1, 0.15) is 0 Å². The van der Waals surface area contributed by atoms with Crippen LogP contribution in [0.1, 0.15) is 37.9 Å². The van der Waals surface area contributed by atoms with Gasteiger partial charge >= 0.3 is 0 Å². The summed E-state index contributed by atoms with van der Waals surface area (Å²) in [4.78, 5) is 14.9. The Morgan fingerprint density at radius 2 is 1.85 bits per heavy atom. The number of carbonyl (C=O) groups excluding carboxylic acids is 1. The SMILES string of the molecule is CCN(Cc1ccc2c(c1)OCO2)C(C)C(=O)NC(C)c1ccccc1. The van der Waals surface area contributed by atoms with E-state index >= 15 is 0 Å². The molecule has 0 aliphatic carbocycles. The fourth-order valence-electron chi connectivity index (χ4n) is 3.12. The zero-order valence-corrected chi connectivity index (χ0v) is 15.6. The maximum atomic E-state index is 12.7. The smallest absolute Gasteiger partial charge is 0.237 e. The molecular weight excluding hydrogens is 328 g/mol. The molecule has 0 aromatic heterocycles. The van der Waals surface area contributed by atoms with E-state index in [0.29, 0.717) is 6.54 Å². The van der Waals surface area contributed by atoms with Crippen LogP contribution >= 0.6 is 0 Å². The van der Waals surface area contributed by atoms with E-state index in [1.54, 1.807) is 0 Å². The minimum atomic E-state index is -0.225. The Labute approximate surface area is 154 Å². The fraction of sp³-hybridized carbons (Fsp3) is 0.381. The number of hydrogen-bond donors (Lipinski definition) is 1. The van der Waals surface area contributed by atoms with Crippen molar-refractivity contribution in [3.8, 4) is 11.5 Å². The normalized spacial score (nSPS) is 14.9. The summed E-state index contributed by atoms with van der Waals surface area (Å²) in [6.07, 6.45) is 0. The minimum Gasteiger partial charge on any atom is -0.454 e. The molecule has 1 N–H and O–H groups in total. The molecule has 26 heavy (non-hydrogen) atoms. The largest absolute Gasteiger partial charge is 0.454 e. The van der Waals surface area contributed by atoms with Gasteiger partial charge in [-0.05, 0) is 43.7 Å². The third-order valence-electron chi connectivity index (χ3n) is 4.81. The number of rotatable bonds is 7. The van der Waals surface area contributed by atoms with E-state index in [9.17, 15) is 4.79 Å². The molecule has 5 nitrogen and oxygen atoms in total. The highest BCUT2D eigenvalue weighted by Gasteiger charge is 2.23. The minimum absolute atomic E-state index is 0.0181. The third-order valence-corrected chi connectivity index (χ3v) is 4.81. The summed E-state index contributed by atoms with van der Waals surface area (Å²) >= 11 is 0. The average molecular weight is 354 g/mol. The summed E-state index contributed by atoms with van der Waals surface area (Å²) in [5, 5.41) is 3.11. The van der Waals surface area contributed by atoms with Crippen LogP contribution in [0.4, 0.5) is 0 Å². The summed E-state index contributed by atoms with van der Waals surface area (Å²) in [6, 6.07) is 15.7. The van der Waals surface area contributed by atoms with Crippen molar-refractivity contribution in [2.24, 2.45) is 0 Å². The van der Waals surface area contributed by atoms with Crippen LogP contribution in [0.25, 0.3) is 0 Å². The lowest BCUT2D eigenvalue weighted by Crippen LogP contribution is -2.45. The van der Waals surface area contributed by atoms with Crippen LogP contribution in [-0.2, 0) is 11.3 Å². The van der Waals surface area contributed by atoms with Gasteiger partial charge < -0.3 is 14.8 Å². The number of hydrogen-bond acceptors (Lipinski definition) is 4. The molecule has 5 heteroatoms. The summed E-state index contributed by atoms with van der Waals surface area (Å²) < 4.78 is 10.8. The third kappa shape index (κ3) is 4.17. The van der Waals surface area contributed by atoms with Gasteiger partial charge in [-0.1, -0.05) is 43.3 Å². The predicted octanol–water partition coefficient (Wildman–Crippen LogP) is 3.50. The zero-order chi connectivity index (χ0) is 18.5. The van der Waals surface area contributed by atoms with Crippen LogP contribution < -0.4 is 14.8 Å². The summed E-state index contributed by atoms with van der Waals surface area (Å²) in [6.45, 7) is 7.76. The highest BCUT2D eigenvalue weighted by molar-refractivity contribution is 5.81. The van der Waals surface area contributed by atoms with Crippen molar-refractivity contribution in [1.29, 1.82) is 0 Å². The summed E-state index contributed by atoms with van der Waals surface area (Å²) in [7, 11) is 0. The summed E-state index contributed by atoms with van der Waals surface area (Å²) in [5.41, 5.74) is 2.21. The zero-order valence-electron chi connectivity index (χ0n) is 15.6. The molecule has 1 heterocycles.